The molecule has 62 valence electrons. The first kappa shape index (κ1) is 7.68. The molecule has 0 nitrogen and oxygen atoms in total. The summed E-state index contributed by atoms with van der Waals surface area (Å²) in [6, 6.07) is 0. The monoisotopic (exact) mass is 158 g/mol. The summed E-state index contributed by atoms with van der Waals surface area (Å²) in [4.78, 5) is 0. The van der Waals surface area contributed by atoms with Crippen molar-refractivity contribution >= 4 is 0 Å². The van der Waals surface area contributed by atoms with Crippen molar-refractivity contribution in [1.29, 1.82) is 0 Å². The second kappa shape index (κ2) is 3.19. The lowest BCUT2D eigenvalue weighted by Crippen LogP contribution is -2.11. The van der Waals surface area contributed by atoms with E-state index < -0.39 is 0 Å². The quantitative estimate of drug-likeness (QED) is 0.475. The fourth-order valence-corrected chi connectivity index (χ4v) is 2.21. The van der Waals surface area contributed by atoms with Gasteiger partial charge in [0.2, 0.25) is 0 Å². The topological polar surface area (TPSA) is 0 Å². The summed E-state index contributed by atoms with van der Waals surface area (Å²) >= 11 is 0. The molecule has 0 N–H and O–H groups in total. The lowest BCUT2D eigenvalue weighted by atomic mass is 9.79. The first-order chi connectivity index (χ1) is 5.92. The van der Waals surface area contributed by atoms with Gasteiger partial charge >= 0.3 is 0 Å². The van der Waals surface area contributed by atoms with Gasteiger partial charge in [-0.05, 0) is 37.7 Å². The summed E-state index contributed by atoms with van der Waals surface area (Å²) in [5.74, 6) is 3.32. The van der Waals surface area contributed by atoms with E-state index >= 15 is 0 Å². The third-order valence-corrected chi connectivity index (χ3v) is 2.87. The Morgan fingerprint density at radius 3 is 3.17 bits per heavy atom. The molecule has 0 radical (unpaired) electrons. The molecule has 0 spiro atoms. The van der Waals surface area contributed by atoms with Crippen LogP contribution in [0.5, 0.6) is 0 Å². The van der Waals surface area contributed by atoms with Crippen LogP contribution in [-0.2, 0) is 0 Å². The van der Waals surface area contributed by atoms with E-state index in [1.807, 2.05) is 0 Å². The number of hydrogen-bond donors (Lipinski definition) is 0. The van der Waals surface area contributed by atoms with Crippen molar-refractivity contribution in [2.45, 2.75) is 32.1 Å². The molecule has 0 aromatic rings. The fraction of sp³-hybridized carbons (Fsp3) is 0.500. The zero-order valence-electron chi connectivity index (χ0n) is 7.34. The Bertz CT molecular complexity index is 273. The van der Waals surface area contributed by atoms with Crippen molar-refractivity contribution in [2.75, 3.05) is 0 Å². The van der Waals surface area contributed by atoms with Crippen molar-refractivity contribution in [1.82, 2.24) is 0 Å². The van der Waals surface area contributed by atoms with E-state index in [1.165, 1.54) is 37.7 Å². The zero-order valence-corrected chi connectivity index (χ0v) is 7.34. The fourth-order valence-electron chi connectivity index (χ4n) is 2.21. The molecular formula is C12H14. The highest BCUT2D eigenvalue weighted by Gasteiger charge is 2.20. The molecule has 2 aliphatic rings. The van der Waals surface area contributed by atoms with Gasteiger partial charge in [-0.25, -0.2) is 0 Å². The Morgan fingerprint density at radius 1 is 1.42 bits per heavy atom. The molecule has 1 atom stereocenters. The van der Waals surface area contributed by atoms with Crippen molar-refractivity contribution in [2.24, 2.45) is 5.92 Å². The molecule has 0 aliphatic heterocycles. The Balaban J connectivity index is 2.32. The van der Waals surface area contributed by atoms with E-state index in [2.05, 4.69) is 18.1 Å². The molecule has 0 saturated heterocycles. The first-order valence-corrected chi connectivity index (χ1v) is 4.76. The van der Waals surface area contributed by atoms with Crippen molar-refractivity contribution in [3.05, 3.63) is 23.3 Å². The summed E-state index contributed by atoms with van der Waals surface area (Å²) in [5, 5.41) is 0. The lowest BCUT2D eigenvalue weighted by molar-refractivity contribution is 0.581. The second-order valence-electron chi connectivity index (χ2n) is 3.61. The maximum absolute atomic E-state index is 5.49. The molecule has 0 fully saturated rings. The van der Waals surface area contributed by atoms with Crippen LogP contribution >= 0.6 is 0 Å². The van der Waals surface area contributed by atoms with Gasteiger partial charge in [0.25, 0.3) is 0 Å². The van der Waals surface area contributed by atoms with Crippen LogP contribution in [0.15, 0.2) is 23.3 Å². The van der Waals surface area contributed by atoms with E-state index in [9.17, 15) is 0 Å². The molecule has 0 aromatic heterocycles. The van der Waals surface area contributed by atoms with Crippen molar-refractivity contribution < 1.29 is 0 Å². The third kappa shape index (κ3) is 1.20. The van der Waals surface area contributed by atoms with E-state index in [1.54, 1.807) is 5.57 Å². The predicted molar refractivity (Wildman–Crippen MR) is 51.6 cm³/mol. The van der Waals surface area contributed by atoms with Crippen LogP contribution in [0, 0.1) is 18.3 Å². The van der Waals surface area contributed by atoms with Crippen LogP contribution in [0.2, 0.25) is 0 Å². The van der Waals surface area contributed by atoms with Gasteiger partial charge in [0.15, 0.2) is 0 Å². The maximum atomic E-state index is 5.49. The van der Waals surface area contributed by atoms with Crippen LogP contribution < -0.4 is 0 Å². The predicted octanol–water partition coefficient (Wildman–Crippen LogP) is 3.07. The minimum atomic E-state index is 0.422. The molecule has 0 bridgehead atoms. The summed E-state index contributed by atoms with van der Waals surface area (Å²) in [5.41, 5.74) is 3.10. The van der Waals surface area contributed by atoms with Gasteiger partial charge in [-0.1, -0.05) is 23.6 Å². The Morgan fingerprint density at radius 2 is 2.33 bits per heavy atom. The Kier molecular flexibility index (Phi) is 2.04. The van der Waals surface area contributed by atoms with Crippen molar-refractivity contribution in [3.63, 3.8) is 0 Å². The van der Waals surface area contributed by atoms with E-state index in [4.69, 9.17) is 6.42 Å². The molecule has 1 unspecified atom stereocenters. The van der Waals surface area contributed by atoms with Gasteiger partial charge in [-0.2, -0.15) is 0 Å². The van der Waals surface area contributed by atoms with Crippen molar-refractivity contribution in [3.8, 4) is 12.3 Å². The van der Waals surface area contributed by atoms with Gasteiger partial charge in [-0.3, -0.25) is 0 Å². The summed E-state index contributed by atoms with van der Waals surface area (Å²) in [6.07, 6.45) is 16.3. The standard InChI is InChI=1S/C12H14/c1-2-10-7-5-8-11-6-3-4-9-12(10)11/h1,4,9-10H,3,5-8H2. The molecule has 0 heterocycles. The van der Waals surface area contributed by atoms with E-state index in [-0.39, 0.29) is 0 Å². The number of terminal acetylenes is 1. The van der Waals surface area contributed by atoms with E-state index in [0.29, 0.717) is 5.92 Å². The summed E-state index contributed by atoms with van der Waals surface area (Å²) < 4.78 is 0. The number of rotatable bonds is 0. The van der Waals surface area contributed by atoms with Gasteiger partial charge < -0.3 is 0 Å². The lowest BCUT2D eigenvalue weighted by Gasteiger charge is -2.25. The molecule has 0 heteroatoms. The highest BCUT2D eigenvalue weighted by molar-refractivity contribution is 5.37. The number of hydrogen-bond acceptors (Lipinski definition) is 0. The van der Waals surface area contributed by atoms with Crippen LogP contribution in [-0.4, -0.2) is 0 Å². The molecule has 12 heavy (non-hydrogen) atoms. The SMILES string of the molecule is C#CC1CCCC2=C1C=CCC2. The minimum Gasteiger partial charge on any atom is -0.119 e. The van der Waals surface area contributed by atoms with Crippen LogP contribution in [0.4, 0.5) is 0 Å². The highest BCUT2D eigenvalue weighted by Crippen LogP contribution is 2.35. The second-order valence-corrected chi connectivity index (χ2v) is 3.61. The van der Waals surface area contributed by atoms with Crippen LogP contribution in [0.1, 0.15) is 32.1 Å². The molecular weight excluding hydrogens is 144 g/mol. The van der Waals surface area contributed by atoms with Gasteiger partial charge in [0, 0.05) is 5.92 Å². The Labute approximate surface area is 74.4 Å². The average molecular weight is 158 g/mol. The third-order valence-electron chi connectivity index (χ3n) is 2.87. The average Bonchev–Trinajstić information content (AvgIpc) is 2.17. The molecule has 0 amide bonds. The summed E-state index contributed by atoms with van der Waals surface area (Å²) in [7, 11) is 0. The van der Waals surface area contributed by atoms with Gasteiger partial charge in [-0.15, -0.1) is 6.42 Å². The first-order valence-electron chi connectivity index (χ1n) is 4.76. The molecule has 0 saturated carbocycles. The van der Waals surface area contributed by atoms with Gasteiger partial charge in [0.1, 0.15) is 0 Å². The maximum Gasteiger partial charge on any atom is 0.0449 e. The molecule has 0 aromatic carbocycles. The normalized spacial score (nSPS) is 28.1. The summed E-state index contributed by atoms with van der Waals surface area (Å²) in [6.45, 7) is 0. The van der Waals surface area contributed by atoms with Crippen LogP contribution in [0.25, 0.3) is 0 Å². The number of allylic oxidation sites excluding steroid dienone is 4. The zero-order chi connectivity index (χ0) is 8.39. The van der Waals surface area contributed by atoms with E-state index in [0.717, 1.165) is 0 Å². The smallest absolute Gasteiger partial charge is 0.0449 e. The molecule has 2 rings (SSSR count). The minimum absolute atomic E-state index is 0.422. The molecule has 2 aliphatic carbocycles. The van der Waals surface area contributed by atoms with Gasteiger partial charge in [0.05, 0.1) is 0 Å². The largest absolute Gasteiger partial charge is 0.119 e. The van der Waals surface area contributed by atoms with Crippen LogP contribution in [0.3, 0.4) is 0 Å². The Hall–Kier alpha value is -0.960. The highest BCUT2D eigenvalue weighted by atomic mass is 14.2.